The van der Waals surface area contributed by atoms with Crippen molar-refractivity contribution >= 4 is 29.4 Å². The van der Waals surface area contributed by atoms with Gasteiger partial charge in [0.1, 0.15) is 11.4 Å². The molecular formula is C22H29ClFN3O4. The molecule has 31 heavy (non-hydrogen) atoms. The maximum atomic E-state index is 13.4. The molecule has 170 valence electrons. The lowest BCUT2D eigenvalue weighted by Crippen LogP contribution is -2.65. The summed E-state index contributed by atoms with van der Waals surface area (Å²) >= 11 is 5.80. The molecule has 1 aliphatic carbocycles. The van der Waals surface area contributed by atoms with E-state index in [1.165, 1.54) is 24.1 Å². The van der Waals surface area contributed by atoms with Crippen molar-refractivity contribution in [3.8, 4) is 0 Å². The zero-order valence-corrected chi connectivity index (χ0v) is 19.1. The number of carbonyl (C=O) groups excluding carboxylic acids is 3. The molecule has 1 N–H and O–H groups in total. The zero-order chi connectivity index (χ0) is 23.0. The van der Waals surface area contributed by atoms with E-state index in [9.17, 15) is 18.8 Å². The summed E-state index contributed by atoms with van der Waals surface area (Å²) in [5.74, 6) is -1.08. The van der Waals surface area contributed by atoms with E-state index >= 15 is 0 Å². The van der Waals surface area contributed by atoms with Crippen LogP contribution >= 0.6 is 11.6 Å². The Balaban J connectivity index is 1.39. The summed E-state index contributed by atoms with van der Waals surface area (Å²) in [6.45, 7) is 5.78. The highest BCUT2D eigenvalue weighted by atomic mass is 35.5. The number of likely N-dealkylation sites (N-methyl/N-ethyl adjacent to an activating group) is 1. The maximum absolute atomic E-state index is 13.4. The van der Waals surface area contributed by atoms with Crippen LogP contribution < -0.4 is 5.32 Å². The van der Waals surface area contributed by atoms with Crippen LogP contribution in [0.5, 0.6) is 0 Å². The lowest BCUT2D eigenvalue weighted by atomic mass is 9.57. The maximum Gasteiger partial charge on any atom is 0.331 e. The van der Waals surface area contributed by atoms with Gasteiger partial charge in [-0.2, -0.15) is 0 Å². The SMILES string of the molecule is COC(=O)C(C)(C)N(C)C(=O)CN1CC2(CC(CNC(=O)c3cc(F)cc(Cl)c3)C2)C1. The number of carbonyl (C=O) groups is 3. The van der Waals surface area contributed by atoms with Crippen molar-refractivity contribution in [2.24, 2.45) is 11.3 Å². The van der Waals surface area contributed by atoms with Gasteiger partial charge in [0.05, 0.1) is 13.7 Å². The summed E-state index contributed by atoms with van der Waals surface area (Å²) in [7, 11) is 2.92. The summed E-state index contributed by atoms with van der Waals surface area (Å²) in [4.78, 5) is 40.2. The molecule has 9 heteroatoms. The van der Waals surface area contributed by atoms with E-state index in [1.807, 2.05) is 0 Å². The van der Waals surface area contributed by atoms with Gasteiger partial charge in [0, 0.05) is 37.3 Å². The van der Waals surface area contributed by atoms with Crippen LogP contribution in [0.3, 0.4) is 0 Å². The molecule has 1 saturated carbocycles. The number of nitrogens with one attached hydrogen (secondary N) is 1. The van der Waals surface area contributed by atoms with Gasteiger partial charge in [0.2, 0.25) is 5.91 Å². The van der Waals surface area contributed by atoms with Crippen molar-refractivity contribution in [2.75, 3.05) is 40.3 Å². The van der Waals surface area contributed by atoms with Gasteiger partial charge in [-0.1, -0.05) is 11.6 Å². The van der Waals surface area contributed by atoms with Crippen molar-refractivity contribution in [1.82, 2.24) is 15.1 Å². The van der Waals surface area contributed by atoms with E-state index in [0.29, 0.717) is 12.5 Å². The van der Waals surface area contributed by atoms with E-state index in [0.717, 1.165) is 32.0 Å². The largest absolute Gasteiger partial charge is 0.467 e. The van der Waals surface area contributed by atoms with Crippen LogP contribution in [0.4, 0.5) is 4.39 Å². The van der Waals surface area contributed by atoms with Crippen molar-refractivity contribution in [3.05, 3.63) is 34.6 Å². The molecule has 0 unspecified atom stereocenters. The third-order valence-electron chi connectivity index (χ3n) is 6.49. The molecule has 0 radical (unpaired) electrons. The first kappa shape index (κ1) is 23.5. The Morgan fingerprint density at radius 2 is 1.94 bits per heavy atom. The van der Waals surface area contributed by atoms with E-state index in [1.54, 1.807) is 20.9 Å². The van der Waals surface area contributed by atoms with Crippen molar-refractivity contribution in [2.45, 2.75) is 32.2 Å². The monoisotopic (exact) mass is 453 g/mol. The smallest absolute Gasteiger partial charge is 0.331 e. The number of rotatable bonds is 7. The number of halogens is 2. The summed E-state index contributed by atoms with van der Waals surface area (Å²) in [5.41, 5.74) is -0.597. The number of methoxy groups -OCH3 is 1. The van der Waals surface area contributed by atoms with Gasteiger partial charge in [-0.05, 0) is 56.2 Å². The Bertz CT molecular complexity index is 857. The minimum absolute atomic E-state index is 0.123. The Morgan fingerprint density at radius 1 is 1.29 bits per heavy atom. The first-order valence-electron chi connectivity index (χ1n) is 10.3. The molecule has 2 aliphatic rings. The third kappa shape index (κ3) is 5.01. The number of hydrogen-bond acceptors (Lipinski definition) is 5. The van der Waals surface area contributed by atoms with Crippen molar-refractivity contribution in [3.63, 3.8) is 0 Å². The van der Waals surface area contributed by atoms with Crippen molar-refractivity contribution in [1.29, 1.82) is 0 Å². The van der Waals surface area contributed by atoms with Crippen LogP contribution in [0.25, 0.3) is 0 Å². The van der Waals surface area contributed by atoms with E-state index in [2.05, 4.69) is 10.2 Å². The molecule has 0 atom stereocenters. The highest BCUT2D eigenvalue weighted by Gasteiger charge is 2.52. The third-order valence-corrected chi connectivity index (χ3v) is 6.71. The summed E-state index contributed by atoms with van der Waals surface area (Å²) < 4.78 is 18.2. The topological polar surface area (TPSA) is 79.0 Å². The average molecular weight is 454 g/mol. The molecule has 1 aliphatic heterocycles. The van der Waals surface area contributed by atoms with Gasteiger partial charge < -0.3 is 15.0 Å². The van der Waals surface area contributed by atoms with Gasteiger partial charge >= 0.3 is 5.97 Å². The van der Waals surface area contributed by atoms with Crippen LogP contribution in [0.15, 0.2) is 18.2 Å². The Morgan fingerprint density at radius 3 is 2.52 bits per heavy atom. The summed E-state index contributed by atoms with van der Waals surface area (Å²) in [5, 5.41) is 3.04. The molecule has 1 saturated heterocycles. The molecule has 2 fully saturated rings. The second-order valence-corrected chi connectivity index (χ2v) is 9.73. The minimum Gasteiger partial charge on any atom is -0.467 e. The Kier molecular flexibility index (Phi) is 6.62. The molecule has 1 heterocycles. The molecule has 1 aromatic carbocycles. The van der Waals surface area contributed by atoms with E-state index in [4.69, 9.17) is 16.3 Å². The number of hydrogen-bond donors (Lipinski definition) is 1. The fourth-order valence-corrected chi connectivity index (χ4v) is 4.82. The normalized spacial score (nSPS) is 18.1. The van der Waals surface area contributed by atoms with E-state index in [-0.39, 0.29) is 34.4 Å². The first-order chi connectivity index (χ1) is 14.5. The van der Waals surface area contributed by atoms with Gasteiger partial charge in [0.15, 0.2) is 0 Å². The fraction of sp³-hybridized carbons (Fsp3) is 0.591. The molecule has 1 spiro atoms. The van der Waals surface area contributed by atoms with Crippen LogP contribution in [0.1, 0.15) is 37.0 Å². The van der Waals surface area contributed by atoms with Crippen molar-refractivity contribution < 1.29 is 23.5 Å². The van der Waals surface area contributed by atoms with Crippen LogP contribution in [0, 0.1) is 17.2 Å². The zero-order valence-electron chi connectivity index (χ0n) is 18.3. The van der Waals surface area contributed by atoms with Gasteiger partial charge in [-0.3, -0.25) is 14.5 Å². The molecule has 7 nitrogen and oxygen atoms in total. The Labute approximate surface area is 186 Å². The van der Waals surface area contributed by atoms with Crippen LogP contribution in [-0.2, 0) is 14.3 Å². The summed E-state index contributed by atoms with van der Waals surface area (Å²) in [6, 6.07) is 3.78. The quantitative estimate of drug-likeness (QED) is 0.641. The molecule has 3 rings (SSSR count). The fourth-order valence-electron chi connectivity index (χ4n) is 4.60. The second-order valence-electron chi connectivity index (χ2n) is 9.29. The summed E-state index contributed by atoms with van der Waals surface area (Å²) in [6.07, 6.45) is 1.96. The van der Waals surface area contributed by atoms with E-state index < -0.39 is 17.3 Å². The first-order valence-corrected chi connectivity index (χ1v) is 10.7. The van der Waals surface area contributed by atoms with Gasteiger partial charge in [-0.25, -0.2) is 9.18 Å². The minimum atomic E-state index is -1.01. The average Bonchev–Trinajstić information content (AvgIpc) is 2.65. The standard InChI is InChI=1S/C22H29ClFN3O4/c1-21(2,20(30)31-4)26(3)18(28)11-27-12-22(13-27)8-14(9-22)10-25-19(29)15-5-16(23)7-17(24)6-15/h5-7,14H,8-13H2,1-4H3,(H,25,29). The molecule has 0 aromatic heterocycles. The molecule has 1 aromatic rings. The number of nitrogens with zero attached hydrogens (tertiary/aromatic N) is 2. The number of benzene rings is 1. The lowest BCUT2D eigenvalue weighted by Gasteiger charge is -2.59. The van der Waals surface area contributed by atoms with Gasteiger partial charge in [0.25, 0.3) is 5.91 Å². The molecular weight excluding hydrogens is 425 g/mol. The highest BCUT2D eigenvalue weighted by Crippen LogP contribution is 2.51. The highest BCUT2D eigenvalue weighted by molar-refractivity contribution is 6.31. The Hall–Kier alpha value is -2.19. The lowest BCUT2D eigenvalue weighted by molar-refractivity contribution is -0.161. The van der Waals surface area contributed by atoms with Gasteiger partial charge in [-0.15, -0.1) is 0 Å². The second kappa shape index (κ2) is 8.74. The number of ether oxygens (including phenoxy) is 1. The molecule has 0 bridgehead atoms. The number of likely N-dealkylation sites (tertiary alicyclic amines) is 1. The number of amides is 2. The van der Waals surface area contributed by atoms with Crippen LogP contribution in [0.2, 0.25) is 5.02 Å². The number of esters is 1. The predicted octanol–water partition coefficient (Wildman–Crippen LogP) is 2.33. The van der Waals surface area contributed by atoms with Crippen LogP contribution in [-0.4, -0.2) is 73.5 Å². The molecule has 2 amide bonds. The predicted molar refractivity (Wildman–Crippen MR) is 114 cm³/mol.